The maximum Gasteiger partial charge on any atom is 0.251 e. The lowest BCUT2D eigenvalue weighted by Crippen LogP contribution is -2.26. The molecule has 3 nitrogen and oxygen atoms in total. The van der Waals surface area contributed by atoms with Crippen LogP contribution in [0, 0.1) is 0 Å². The van der Waals surface area contributed by atoms with Crippen LogP contribution in [-0.2, 0) is 4.79 Å². The van der Waals surface area contributed by atoms with Crippen molar-refractivity contribution in [2.45, 2.75) is 58.3 Å². The number of unbranched alkanes of at least 4 members (excludes halogenated alkanes) is 1. The molecule has 2 aliphatic rings. The molecule has 2 aliphatic carbocycles. The molecule has 0 aliphatic heterocycles. The number of carbonyl (C=O) groups is 2. The summed E-state index contributed by atoms with van der Waals surface area (Å²) in [6.07, 6.45) is 9.90. The van der Waals surface area contributed by atoms with Crippen LogP contribution in [0.5, 0.6) is 0 Å². The molecule has 0 bridgehead atoms. The topological polar surface area (TPSA) is 46.2 Å². The van der Waals surface area contributed by atoms with Gasteiger partial charge in [0.25, 0.3) is 5.91 Å². The Morgan fingerprint density at radius 1 is 1.26 bits per heavy atom. The molecule has 0 heterocycles. The van der Waals surface area contributed by atoms with Crippen molar-refractivity contribution in [3.05, 3.63) is 64.8 Å². The third-order valence-corrected chi connectivity index (χ3v) is 5.52. The van der Waals surface area contributed by atoms with Crippen LogP contribution in [0.1, 0.15) is 79.8 Å². The first kappa shape index (κ1) is 19.3. The first-order chi connectivity index (χ1) is 13.0. The van der Waals surface area contributed by atoms with Crippen LogP contribution in [0.25, 0.3) is 5.57 Å². The summed E-state index contributed by atoms with van der Waals surface area (Å²) in [5, 5.41) is 3.05. The minimum absolute atomic E-state index is 0.0191. The molecular weight excluding hydrogens is 334 g/mol. The molecule has 1 N–H and O–H groups in total. The molecule has 3 heteroatoms. The fourth-order valence-corrected chi connectivity index (χ4v) is 4.07. The van der Waals surface area contributed by atoms with Gasteiger partial charge in [-0.15, -0.1) is 0 Å². The van der Waals surface area contributed by atoms with Crippen molar-refractivity contribution in [1.29, 1.82) is 0 Å². The minimum atomic E-state index is 0.0191. The van der Waals surface area contributed by atoms with Crippen molar-refractivity contribution in [2.24, 2.45) is 0 Å². The fourth-order valence-electron chi connectivity index (χ4n) is 4.07. The molecule has 0 spiro atoms. The summed E-state index contributed by atoms with van der Waals surface area (Å²) in [4.78, 5) is 23.9. The Hall–Kier alpha value is -2.42. The Bertz CT molecular complexity index is 829. The van der Waals surface area contributed by atoms with Gasteiger partial charge in [-0.3, -0.25) is 4.79 Å². The van der Waals surface area contributed by atoms with Crippen molar-refractivity contribution < 1.29 is 9.59 Å². The van der Waals surface area contributed by atoms with E-state index in [1.54, 1.807) is 6.92 Å². The molecule has 1 atom stereocenters. The van der Waals surface area contributed by atoms with Gasteiger partial charge in [0.1, 0.15) is 5.78 Å². The van der Waals surface area contributed by atoms with E-state index in [9.17, 15) is 9.59 Å². The normalized spacial score (nSPS) is 17.7. The number of hydrogen-bond acceptors (Lipinski definition) is 2. The van der Waals surface area contributed by atoms with Gasteiger partial charge in [-0.25, -0.2) is 0 Å². The van der Waals surface area contributed by atoms with Gasteiger partial charge in [0, 0.05) is 24.4 Å². The molecule has 0 aromatic heterocycles. The predicted octanol–water partition coefficient (Wildman–Crippen LogP) is 5.34. The van der Waals surface area contributed by atoms with Gasteiger partial charge in [0.2, 0.25) is 0 Å². The second kappa shape index (κ2) is 8.51. The lowest BCUT2D eigenvalue weighted by molar-refractivity contribution is -0.117. The Balaban J connectivity index is 1.81. The fraction of sp³-hybridized carbons (Fsp3) is 0.417. The lowest BCUT2D eigenvalue weighted by atomic mass is 9.84. The van der Waals surface area contributed by atoms with Crippen LogP contribution in [0.15, 0.2) is 48.1 Å². The van der Waals surface area contributed by atoms with Crippen LogP contribution in [-0.4, -0.2) is 18.2 Å². The van der Waals surface area contributed by atoms with Crippen molar-refractivity contribution >= 4 is 17.3 Å². The van der Waals surface area contributed by atoms with E-state index in [4.69, 9.17) is 0 Å². The van der Waals surface area contributed by atoms with E-state index in [0.717, 1.165) is 54.4 Å². The van der Waals surface area contributed by atoms with E-state index >= 15 is 0 Å². The van der Waals surface area contributed by atoms with Crippen LogP contribution in [0.4, 0.5) is 0 Å². The van der Waals surface area contributed by atoms with Crippen molar-refractivity contribution in [3.63, 3.8) is 0 Å². The number of fused-ring (bicyclic) bond motifs is 3. The number of Topliss-reactive ketones (excluding diaryl/α,β-unsaturated/α-hetero) is 1. The molecule has 1 aromatic carbocycles. The van der Waals surface area contributed by atoms with E-state index < -0.39 is 0 Å². The second-order valence-electron chi connectivity index (χ2n) is 7.58. The number of rotatable bonds is 8. The van der Waals surface area contributed by atoms with Crippen LogP contribution < -0.4 is 5.32 Å². The van der Waals surface area contributed by atoms with Gasteiger partial charge in [0.15, 0.2) is 0 Å². The molecule has 142 valence electrons. The zero-order chi connectivity index (χ0) is 19.4. The summed E-state index contributed by atoms with van der Waals surface area (Å²) in [5.41, 5.74) is 6.57. The van der Waals surface area contributed by atoms with E-state index in [0.29, 0.717) is 13.0 Å². The summed E-state index contributed by atoms with van der Waals surface area (Å²) >= 11 is 0. The quantitative estimate of drug-likeness (QED) is 0.634. The standard InChI is InChI=1S/C24H29NO2/c1-4-5-14-25-24(27)21-11-7-10-19-17(3)22-15-18(9-6-8-16(2)26)12-13-20(22)23(19)21/h7,10-12,15,20H,3-6,8-9,13-14H2,1-2H3,(H,25,27). The highest BCUT2D eigenvalue weighted by Crippen LogP contribution is 2.50. The summed E-state index contributed by atoms with van der Waals surface area (Å²) in [6, 6.07) is 5.97. The number of nitrogens with one attached hydrogen (secondary N) is 1. The van der Waals surface area contributed by atoms with Crippen molar-refractivity contribution in [3.8, 4) is 0 Å². The molecule has 1 aromatic rings. The zero-order valence-electron chi connectivity index (χ0n) is 16.4. The average Bonchev–Trinajstić information content (AvgIpc) is 2.94. The largest absolute Gasteiger partial charge is 0.352 e. The Labute approximate surface area is 162 Å². The Morgan fingerprint density at radius 3 is 2.81 bits per heavy atom. The SMILES string of the molecule is C=C1C2=CC(CCCC(C)=O)=CCC2c2c1cccc2C(=O)NCCCC. The second-order valence-corrected chi connectivity index (χ2v) is 7.58. The third-order valence-electron chi connectivity index (χ3n) is 5.52. The average molecular weight is 364 g/mol. The Kier molecular flexibility index (Phi) is 6.10. The van der Waals surface area contributed by atoms with Gasteiger partial charge in [-0.1, -0.05) is 49.8 Å². The molecule has 0 saturated carbocycles. The van der Waals surface area contributed by atoms with Crippen LogP contribution in [0.3, 0.4) is 0 Å². The van der Waals surface area contributed by atoms with Gasteiger partial charge in [-0.2, -0.15) is 0 Å². The number of ketones is 1. The van der Waals surface area contributed by atoms with Gasteiger partial charge < -0.3 is 10.1 Å². The third kappa shape index (κ3) is 4.13. The zero-order valence-corrected chi connectivity index (χ0v) is 16.4. The van der Waals surface area contributed by atoms with Crippen molar-refractivity contribution in [1.82, 2.24) is 5.32 Å². The highest BCUT2D eigenvalue weighted by Gasteiger charge is 2.34. The summed E-state index contributed by atoms with van der Waals surface area (Å²) in [6.45, 7) is 8.80. The van der Waals surface area contributed by atoms with Gasteiger partial charge in [-0.05, 0) is 60.9 Å². The molecule has 0 saturated heterocycles. The Morgan fingerprint density at radius 2 is 2.07 bits per heavy atom. The smallest absolute Gasteiger partial charge is 0.251 e. The van der Waals surface area contributed by atoms with Gasteiger partial charge >= 0.3 is 0 Å². The molecular formula is C24H29NO2. The number of allylic oxidation sites excluding steroid dienone is 5. The first-order valence-electron chi connectivity index (χ1n) is 10.0. The highest BCUT2D eigenvalue weighted by molar-refractivity contribution is 6.00. The molecule has 0 fully saturated rings. The maximum atomic E-state index is 12.7. The molecule has 27 heavy (non-hydrogen) atoms. The number of benzene rings is 1. The van der Waals surface area contributed by atoms with E-state index in [2.05, 4.69) is 37.0 Å². The minimum Gasteiger partial charge on any atom is -0.352 e. The van der Waals surface area contributed by atoms with Crippen LogP contribution in [0.2, 0.25) is 0 Å². The molecule has 1 amide bonds. The molecule has 0 radical (unpaired) electrons. The van der Waals surface area contributed by atoms with E-state index in [1.165, 1.54) is 11.1 Å². The summed E-state index contributed by atoms with van der Waals surface area (Å²) < 4.78 is 0. The lowest BCUT2D eigenvalue weighted by Gasteiger charge is -2.20. The number of carbonyl (C=O) groups excluding carboxylic acids is 2. The van der Waals surface area contributed by atoms with E-state index in [-0.39, 0.29) is 17.6 Å². The number of amides is 1. The maximum absolute atomic E-state index is 12.7. The monoisotopic (exact) mass is 363 g/mol. The summed E-state index contributed by atoms with van der Waals surface area (Å²) in [5.74, 6) is 0.483. The van der Waals surface area contributed by atoms with Crippen molar-refractivity contribution in [2.75, 3.05) is 6.54 Å². The van der Waals surface area contributed by atoms with E-state index in [1.807, 2.05) is 12.1 Å². The summed E-state index contributed by atoms with van der Waals surface area (Å²) in [7, 11) is 0. The van der Waals surface area contributed by atoms with Gasteiger partial charge in [0.05, 0.1) is 0 Å². The highest BCUT2D eigenvalue weighted by atomic mass is 16.1. The molecule has 3 rings (SSSR count). The number of hydrogen-bond donors (Lipinski definition) is 1. The van der Waals surface area contributed by atoms with Crippen LogP contribution >= 0.6 is 0 Å². The first-order valence-corrected chi connectivity index (χ1v) is 10.0. The molecule has 1 unspecified atom stereocenters. The predicted molar refractivity (Wildman–Crippen MR) is 111 cm³/mol.